The van der Waals surface area contributed by atoms with E-state index in [2.05, 4.69) is 35.6 Å². The molecule has 3 nitrogen and oxygen atoms in total. The molecule has 3 rings (SSSR count). The largest absolute Gasteiger partial charge is 0.381 e. The third kappa shape index (κ3) is 3.70. The summed E-state index contributed by atoms with van der Waals surface area (Å²) in [5.41, 5.74) is 1.38. The summed E-state index contributed by atoms with van der Waals surface area (Å²) in [5, 5.41) is 3.22. The molecule has 1 heterocycles. The van der Waals surface area contributed by atoms with Crippen LogP contribution in [0.5, 0.6) is 0 Å². The van der Waals surface area contributed by atoms with Gasteiger partial charge in [0.1, 0.15) is 0 Å². The van der Waals surface area contributed by atoms with E-state index < -0.39 is 0 Å². The van der Waals surface area contributed by atoms with Gasteiger partial charge in [0, 0.05) is 31.6 Å². The summed E-state index contributed by atoms with van der Waals surface area (Å²) >= 11 is 0. The van der Waals surface area contributed by atoms with E-state index in [-0.39, 0.29) is 11.3 Å². The fourth-order valence-corrected chi connectivity index (χ4v) is 3.94. The molecule has 0 atom stereocenters. The molecule has 1 saturated heterocycles. The molecule has 0 spiro atoms. The van der Waals surface area contributed by atoms with Crippen molar-refractivity contribution in [1.29, 1.82) is 0 Å². The second kappa shape index (κ2) is 7.28. The maximum Gasteiger partial charge on any atom is 0.220 e. The molecule has 22 heavy (non-hydrogen) atoms. The van der Waals surface area contributed by atoms with Gasteiger partial charge in [-0.05, 0) is 37.2 Å². The summed E-state index contributed by atoms with van der Waals surface area (Å²) in [4.78, 5) is 12.3. The molecule has 1 aliphatic carbocycles. The molecule has 120 valence electrons. The molecule has 1 aromatic carbocycles. The molecule has 2 aliphatic rings. The van der Waals surface area contributed by atoms with Crippen LogP contribution in [0, 0.1) is 5.92 Å². The Bertz CT molecular complexity index is 473. The first-order valence-electron chi connectivity index (χ1n) is 8.68. The van der Waals surface area contributed by atoms with Crippen molar-refractivity contribution in [3.05, 3.63) is 35.9 Å². The van der Waals surface area contributed by atoms with Crippen molar-refractivity contribution in [2.45, 2.75) is 50.4 Å². The number of hydrogen-bond donors (Lipinski definition) is 1. The van der Waals surface area contributed by atoms with Crippen LogP contribution in [0.4, 0.5) is 0 Å². The maximum atomic E-state index is 12.3. The average molecular weight is 301 g/mol. The zero-order valence-electron chi connectivity index (χ0n) is 13.4. The Kier molecular flexibility index (Phi) is 5.14. The van der Waals surface area contributed by atoms with Gasteiger partial charge in [-0.3, -0.25) is 4.79 Å². The van der Waals surface area contributed by atoms with Gasteiger partial charge in [-0.25, -0.2) is 0 Å². The molecule has 0 unspecified atom stereocenters. The van der Waals surface area contributed by atoms with Crippen LogP contribution >= 0.6 is 0 Å². The van der Waals surface area contributed by atoms with Crippen molar-refractivity contribution in [1.82, 2.24) is 5.32 Å². The quantitative estimate of drug-likeness (QED) is 0.905. The second-order valence-corrected chi connectivity index (χ2v) is 6.89. The zero-order chi connectivity index (χ0) is 15.3. The average Bonchev–Trinajstić information content (AvgIpc) is 3.08. The predicted octanol–water partition coefficient (Wildman–Crippen LogP) is 3.43. The van der Waals surface area contributed by atoms with E-state index >= 15 is 0 Å². The molecular weight excluding hydrogens is 274 g/mol. The highest BCUT2D eigenvalue weighted by Gasteiger charge is 2.34. The molecule has 1 N–H and O–H groups in total. The fourth-order valence-electron chi connectivity index (χ4n) is 3.94. The van der Waals surface area contributed by atoms with Gasteiger partial charge in [0.25, 0.3) is 0 Å². The molecule has 1 aromatic rings. The molecule has 0 bridgehead atoms. The normalized spacial score (nSPS) is 21.6. The number of carbonyl (C=O) groups excluding carboxylic acids is 1. The van der Waals surface area contributed by atoms with Gasteiger partial charge < -0.3 is 10.1 Å². The molecular formula is C19H27NO2. The third-order valence-electron chi connectivity index (χ3n) is 5.41. The monoisotopic (exact) mass is 301 g/mol. The number of ether oxygens (including phenoxy) is 1. The summed E-state index contributed by atoms with van der Waals surface area (Å²) in [6.07, 6.45) is 7.73. The number of amides is 1. The van der Waals surface area contributed by atoms with Crippen molar-refractivity contribution >= 4 is 5.91 Å². The number of hydrogen-bond acceptors (Lipinski definition) is 2. The lowest BCUT2D eigenvalue weighted by Crippen LogP contribution is -2.44. The van der Waals surface area contributed by atoms with E-state index in [0.29, 0.717) is 12.3 Å². The second-order valence-electron chi connectivity index (χ2n) is 6.89. The number of benzene rings is 1. The predicted molar refractivity (Wildman–Crippen MR) is 87.8 cm³/mol. The molecule has 0 aromatic heterocycles. The fraction of sp³-hybridized carbons (Fsp3) is 0.632. The van der Waals surface area contributed by atoms with Gasteiger partial charge in [0.2, 0.25) is 5.91 Å². The molecule has 1 amide bonds. The van der Waals surface area contributed by atoms with Gasteiger partial charge in [0.05, 0.1) is 0 Å². The summed E-state index contributed by atoms with van der Waals surface area (Å²) < 4.78 is 5.55. The topological polar surface area (TPSA) is 38.3 Å². The van der Waals surface area contributed by atoms with Gasteiger partial charge >= 0.3 is 0 Å². The van der Waals surface area contributed by atoms with Crippen LogP contribution in [-0.2, 0) is 14.9 Å². The van der Waals surface area contributed by atoms with Gasteiger partial charge in [-0.1, -0.05) is 43.2 Å². The number of rotatable bonds is 5. The van der Waals surface area contributed by atoms with E-state index in [1.165, 1.54) is 31.2 Å². The molecule has 3 heteroatoms. The first kappa shape index (κ1) is 15.5. The van der Waals surface area contributed by atoms with Gasteiger partial charge in [0.15, 0.2) is 0 Å². The Labute approximate surface area is 133 Å². The smallest absolute Gasteiger partial charge is 0.220 e. The summed E-state index contributed by atoms with van der Waals surface area (Å²) in [5.74, 6) is 0.844. The lowest BCUT2D eigenvalue weighted by molar-refractivity contribution is -0.122. The summed E-state index contributed by atoms with van der Waals surface area (Å²) in [6, 6.07) is 10.6. The molecule has 1 saturated carbocycles. The van der Waals surface area contributed by atoms with Crippen LogP contribution < -0.4 is 5.32 Å². The summed E-state index contributed by atoms with van der Waals surface area (Å²) in [6.45, 7) is 2.31. The lowest BCUT2D eigenvalue weighted by Gasteiger charge is -2.38. The van der Waals surface area contributed by atoms with Crippen LogP contribution in [0.2, 0.25) is 0 Å². The van der Waals surface area contributed by atoms with Crippen molar-refractivity contribution in [3.63, 3.8) is 0 Å². The van der Waals surface area contributed by atoms with E-state index in [4.69, 9.17) is 4.74 Å². The minimum atomic E-state index is 0.0465. The minimum absolute atomic E-state index is 0.0465. The Morgan fingerprint density at radius 3 is 2.50 bits per heavy atom. The zero-order valence-corrected chi connectivity index (χ0v) is 13.4. The van der Waals surface area contributed by atoms with Gasteiger partial charge in [-0.15, -0.1) is 0 Å². The standard InChI is InChI=1S/C19H27NO2/c21-18(14-16-6-4-5-7-16)20-15-19(10-12-22-13-11-19)17-8-2-1-3-9-17/h1-3,8-9,16H,4-7,10-15H2,(H,20,21). The first-order chi connectivity index (χ1) is 10.8. The van der Waals surface area contributed by atoms with Crippen LogP contribution in [0.25, 0.3) is 0 Å². The number of carbonyl (C=O) groups is 1. The molecule has 0 radical (unpaired) electrons. The first-order valence-corrected chi connectivity index (χ1v) is 8.68. The highest BCUT2D eigenvalue weighted by Crippen LogP contribution is 2.34. The van der Waals surface area contributed by atoms with E-state index in [9.17, 15) is 4.79 Å². The van der Waals surface area contributed by atoms with Crippen molar-refractivity contribution in [2.24, 2.45) is 5.92 Å². The SMILES string of the molecule is O=C(CC1CCCC1)NCC1(c2ccccc2)CCOCC1. The number of nitrogens with one attached hydrogen (secondary N) is 1. The van der Waals surface area contributed by atoms with Crippen molar-refractivity contribution < 1.29 is 9.53 Å². The lowest BCUT2D eigenvalue weighted by atomic mass is 9.74. The highest BCUT2D eigenvalue weighted by atomic mass is 16.5. The molecule has 1 aliphatic heterocycles. The van der Waals surface area contributed by atoms with Crippen LogP contribution in [0.3, 0.4) is 0 Å². The Morgan fingerprint density at radius 1 is 1.14 bits per heavy atom. The highest BCUT2D eigenvalue weighted by molar-refractivity contribution is 5.76. The molecule has 2 fully saturated rings. The van der Waals surface area contributed by atoms with Crippen LogP contribution in [-0.4, -0.2) is 25.7 Å². The van der Waals surface area contributed by atoms with E-state index in [1.54, 1.807) is 0 Å². The van der Waals surface area contributed by atoms with E-state index in [1.807, 2.05) is 0 Å². The van der Waals surface area contributed by atoms with Crippen molar-refractivity contribution in [2.75, 3.05) is 19.8 Å². The third-order valence-corrected chi connectivity index (χ3v) is 5.41. The van der Waals surface area contributed by atoms with Crippen molar-refractivity contribution in [3.8, 4) is 0 Å². The van der Waals surface area contributed by atoms with Crippen LogP contribution in [0.15, 0.2) is 30.3 Å². The maximum absolute atomic E-state index is 12.3. The minimum Gasteiger partial charge on any atom is -0.381 e. The Balaban J connectivity index is 1.62. The Morgan fingerprint density at radius 2 is 1.82 bits per heavy atom. The van der Waals surface area contributed by atoms with Crippen LogP contribution in [0.1, 0.15) is 50.5 Å². The summed E-state index contributed by atoms with van der Waals surface area (Å²) in [7, 11) is 0. The van der Waals surface area contributed by atoms with E-state index in [0.717, 1.165) is 32.6 Å². The Hall–Kier alpha value is -1.35. The van der Waals surface area contributed by atoms with Gasteiger partial charge in [-0.2, -0.15) is 0 Å².